The lowest BCUT2D eigenvalue weighted by Crippen LogP contribution is -2.38. The zero-order valence-corrected chi connectivity index (χ0v) is 13.5. The fraction of sp³-hybridized carbons (Fsp3) is 0.154. The molecule has 10 heteroatoms. The fourth-order valence-corrected chi connectivity index (χ4v) is 1.99. The normalized spacial score (nSPS) is 12.1. The van der Waals surface area contributed by atoms with Crippen LogP contribution in [0, 0.1) is 0 Å². The number of benzene rings is 1. The van der Waals surface area contributed by atoms with Gasteiger partial charge in [-0.1, -0.05) is 28.1 Å². The molecule has 1 aromatic carbocycles. The number of carbonyl (C=O) groups excluding carboxylic acids is 1. The van der Waals surface area contributed by atoms with Crippen LogP contribution >= 0.6 is 15.9 Å². The molecule has 0 aliphatic carbocycles. The predicted octanol–water partition coefficient (Wildman–Crippen LogP) is 0.171. The summed E-state index contributed by atoms with van der Waals surface area (Å²) in [6.45, 7) is 1.52. The van der Waals surface area contributed by atoms with Crippen LogP contribution in [0.15, 0.2) is 43.4 Å². The summed E-state index contributed by atoms with van der Waals surface area (Å²) < 4.78 is 0.895. The van der Waals surface area contributed by atoms with Gasteiger partial charge in [0.1, 0.15) is 6.04 Å². The number of carbonyl (C=O) groups is 1. The molecule has 0 saturated heterocycles. The van der Waals surface area contributed by atoms with Gasteiger partial charge in [-0.05, 0) is 24.6 Å². The van der Waals surface area contributed by atoms with Crippen molar-refractivity contribution in [2.75, 3.05) is 5.32 Å². The zero-order chi connectivity index (χ0) is 16.8. The van der Waals surface area contributed by atoms with Crippen LogP contribution in [-0.4, -0.2) is 33.3 Å². The predicted molar refractivity (Wildman–Crippen MR) is 88.4 cm³/mol. The van der Waals surface area contributed by atoms with Crippen LogP contribution in [-0.2, 0) is 4.79 Å². The Morgan fingerprint density at radius 3 is 2.91 bits per heavy atom. The smallest absolute Gasteiger partial charge is 0.342 e. The van der Waals surface area contributed by atoms with E-state index in [0.717, 1.165) is 10.0 Å². The van der Waals surface area contributed by atoms with Gasteiger partial charge in [0.2, 0.25) is 5.82 Å². The van der Waals surface area contributed by atoms with E-state index >= 15 is 0 Å². The number of hydrogen-bond donors (Lipinski definition) is 4. The Morgan fingerprint density at radius 2 is 2.22 bits per heavy atom. The van der Waals surface area contributed by atoms with Gasteiger partial charge in [-0.3, -0.25) is 14.6 Å². The van der Waals surface area contributed by atoms with E-state index in [9.17, 15) is 14.4 Å². The second-order valence-electron chi connectivity index (χ2n) is 4.51. The molecule has 23 heavy (non-hydrogen) atoms. The number of nitrogens with zero attached hydrogens (tertiary/aromatic N) is 2. The molecule has 9 nitrogen and oxygen atoms in total. The molecule has 1 atom stereocenters. The van der Waals surface area contributed by atoms with Crippen molar-refractivity contribution < 1.29 is 4.79 Å². The Balaban J connectivity index is 1.95. The Hall–Kier alpha value is -2.75. The van der Waals surface area contributed by atoms with Crippen molar-refractivity contribution in [2.24, 2.45) is 5.10 Å². The average Bonchev–Trinajstić information content (AvgIpc) is 2.50. The van der Waals surface area contributed by atoms with Crippen LogP contribution in [0.2, 0.25) is 0 Å². The number of halogens is 1. The number of rotatable bonds is 5. The highest BCUT2D eigenvalue weighted by Gasteiger charge is 2.14. The molecule has 0 spiro atoms. The van der Waals surface area contributed by atoms with Gasteiger partial charge in [0.05, 0.1) is 6.21 Å². The van der Waals surface area contributed by atoms with Crippen molar-refractivity contribution in [2.45, 2.75) is 13.0 Å². The molecule has 120 valence electrons. The first-order valence-electron chi connectivity index (χ1n) is 6.50. The summed E-state index contributed by atoms with van der Waals surface area (Å²) in [5, 5.41) is 12.0. The van der Waals surface area contributed by atoms with Gasteiger partial charge in [-0.15, -0.1) is 5.10 Å². The minimum atomic E-state index is -0.783. The number of amides is 1. The molecule has 1 amide bonds. The van der Waals surface area contributed by atoms with E-state index in [1.807, 2.05) is 29.2 Å². The van der Waals surface area contributed by atoms with Crippen molar-refractivity contribution in [3.8, 4) is 0 Å². The number of hydrazone groups is 1. The molecule has 1 aromatic heterocycles. The number of hydrogen-bond acceptors (Lipinski definition) is 6. The first kappa shape index (κ1) is 16.6. The SMILES string of the molecule is C[C@@H](Nc1n[nH]c(=O)[nH]c1=O)C(=O)N/N=C\c1cccc(Br)c1. The van der Waals surface area contributed by atoms with E-state index in [-0.39, 0.29) is 5.82 Å². The van der Waals surface area contributed by atoms with Gasteiger partial charge in [0.25, 0.3) is 11.5 Å². The maximum atomic E-state index is 11.9. The molecule has 2 aromatic rings. The molecule has 0 radical (unpaired) electrons. The number of nitrogens with one attached hydrogen (secondary N) is 4. The van der Waals surface area contributed by atoms with Crippen molar-refractivity contribution in [1.29, 1.82) is 0 Å². The monoisotopic (exact) mass is 380 g/mol. The number of H-pyrrole nitrogens is 2. The molecule has 4 N–H and O–H groups in total. The molecule has 0 aliphatic heterocycles. The minimum absolute atomic E-state index is 0.164. The lowest BCUT2D eigenvalue weighted by molar-refractivity contribution is -0.121. The average molecular weight is 381 g/mol. The van der Waals surface area contributed by atoms with E-state index < -0.39 is 23.2 Å². The third-order valence-corrected chi connectivity index (χ3v) is 3.19. The van der Waals surface area contributed by atoms with Crippen molar-refractivity contribution in [1.82, 2.24) is 20.6 Å². The van der Waals surface area contributed by atoms with Crippen molar-refractivity contribution >= 4 is 33.9 Å². The van der Waals surface area contributed by atoms with E-state index in [2.05, 4.69) is 42.0 Å². The van der Waals surface area contributed by atoms with Crippen LogP contribution in [0.5, 0.6) is 0 Å². The Morgan fingerprint density at radius 1 is 1.43 bits per heavy atom. The van der Waals surface area contributed by atoms with E-state index in [1.165, 1.54) is 13.1 Å². The van der Waals surface area contributed by atoms with Gasteiger partial charge in [-0.25, -0.2) is 15.3 Å². The summed E-state index contributed by atoms with van der Waals surface area (Å²) in [4.78, 5) is 36.2. The number of aromatic amines is 2. The summed E-state index contributed by atoms with van der Waals surface area (Å²) in [5.74, 6) is -0.633. The standard InChI is InChI=1S/C13H13BrN6O3/c1-7(16-10-12(22)17-13(23)20-18-10)11(21)19-15-6-8-3-2-4-9(14)5-8/h2-7H,1H3,(H,16,18)(H,19,21)(H2,17,20,22,23)/b15-6-/t7-/m1/s1. The summed E-state index contributed by atoms with van der Waals surface area (Å²) in [5.41, 5.74) is 1.70. The topological polar surface area (TPSA) is 132 Å². The highest BCUT2D eigenvalue weighted by Crippen LogP contribution is 2.09. The second kappa shape index (κ2) is 7.49. The lowest BCUT2D eigenvalue weighted by Gasteiger charge is -2.11. The third-order valence-electron chi connectivity index (χ3n) is 2.69. The molecule has 0 bridgehead atoms. The fourth-order valence-electron chi connectivity index (χ4n) is 1.57. The lowest BCUT2D eigenvalue weighted by atomic mass is 10.2. The zero-order valence-electron chi connectivity index (χ0n) is 12.0. The first-order chi connectivity index (χ1) is 11.0. The third kappa shape index (κ3) is 4.88. The Kier molecular flexibility index (Phi) is 5.41. The molecular weight excluding hydrogens is 368 g/mol. The maximum absolute atomic E-state index is 11.9. The molecule has 0 saturated carbocycles. The highest BCUT2D eigenvalue weighted by molar-refractivity contribution is 9.10. The Labute approximate surface area is 138 Å². The quantitative estimate of drug-likeness (QED) is 0.433. The summed E-state index contributed by atoms with van der Waals surface area (Å²) in [6, 6.07) is 6.59. The van der Waals surface area contributed by atoms with E-state index in [1.54, 1.807) is 0 Å². The molecule has 0 fully saturated rings. The van der Waals surface area contributed by atoms with E-state index in [0.29, 0.717) is 0 Å². The minimum Gasteiger partial charge on any atom is -0.353 e. The Bertz CT molecular complexity index is 844. The maximum Gasteiger partial charge on any atom is 0.342 e. The second-order valence-corrected chi connectivity index (χ2v) is 5.43. The largest absolute Gasteiger partial charge is 0.353 e. The van der Waals surface area contributed by atoms with Crippen LogP contribution < -0.4 is 22.0 Å². The van der Waals surface area contributed by atoms with Gasteiger partial charge < -0.3 is 5.32 Å². The molecule has 1 heterocycles. The van der Waals surface area contributed by atoms with Gasteiger partial charge in [-0.2, -0.15) is 5.10 Å². The summed E-state index contributed by atoms with van der Waals surface area (Å²) >= 11 is 3.33. The van der Waals surface area contributed by atoms with Crippen molar-refractivity contribution in [3.05, 3.63) is 55.1 Å². The first-order valence-corrected chi connectivity index (χ1v) is 7.29. The molecule has 2 rings (SSSR count). The van der Waals surface area contributed by atoms with Crippen molar-refractivity contribution in [3.63, 3.8) is 0 Å². The van der Waals surface area contributed by atoms with E-state index in [4.69, 9.17) is 0 Å². The summed E-state index contributed by atoms with van der Waals surface area (Å²) in [7, 11) is 0. The molecular formula is C13H13BrN6O3. The number of anilines is 1. The number of aromatic nitrogens is 3. The summed E-state index contributed by atoms with van der Waals surface area (Å²) in [6.07, 6.45) is 1.49. The van der Waals surface area contributed by atoms with Crippen LogP contribution in [0.4, 0.5) is 5.82 Å². The molecule has 0 aliphatic rings. The van der Waals surface area contributed by atoms with Gasteiger partial charge >= 0.3 is 5.69 Å². The van der Waals surface area contributed by atoms with Crippen LogP contribution in [0.3, 0.4) is 0 Å². The highest BCUT2D eigenvalue weighted by atomic mass is 79.9. The van der Waals surface area contributed by atoms with Gasteiger partial charge in [0.15, 0.2) is 0 Å². The molecule has 0 unspecified atom stereocenters. The van der Waals surface area contributed by atoms with Crippen LogP contribution in [0.1, 0.15) is 12.5 Å². The van der Waals surface area contributed by atoms with Crippen LogP contribution in [0.25, 0.3) is 0 Å². The van der Waals surface area contributed by atoms with Gasteiger partial charge in [0, 0.05) is 4.47 Å².